The van der Waals surface area contributed by atoms with Gasteiger partial charge in [0.25, 0.3) is 0 Å². The Bertz CT molecular complexity index is 1010. The molecule has 0 saturated heterocycles. The van der Waals surface area contributed by atoms with Crippen LogP contribution in [-0.4, -0.2) is 40.5 Å². The van der Waals surface area contributed by atoms with E-state index in [4.69, 9.17) is 0 Å². The van der Waals surface area contributed by atoms with Crippen molar-refractivity contribution in [1.29, 1.82) is 0 Å². The third-order valence-corrected chi connectivity index (χ3v) is 5.74. The fourth-order valence-corrected chi connectivity index (χ4v) is 3.77. The lowest BCUT2D eigenvalue weighted by molar-refractivity contribution is -0.113. The van der Waals surface area contributed by atoms with Gasteiger partial charge in [-0.1, -0.05) is 30.0 Å². The van der Waals surface area contributed by atoms with Crippen LogP contribution in [0.15, 0.2) is 47.6 Å². The Hall–Kier alpha value is -2.80. The van der Waals surface area contributed by atoms with Crippen LogP contribution in [0.2, 0.25) is 0 Å². The SMILES string of the molecule is CCn1c(SCC(=O)Nc2ccc(C)c(C)c2)nnc1-c1cccc(N(C)C)c1. The molecule has 0 unspecified atom stereocenters. The van der Waals surface area contributed by atoms with Gasteiger partial charge in [-0.15, -0.1) is 10.2 Å². The van der Waals surface area contributed by atoms with E-state index in [1.54, 1.807) is 0 Å². The fraction of sp³-hybridized carbons (Fsp3) is 0.318. The van der Waals surface area contributed by atoms with Crippen molar-refractivity contribution in [3.8, 4) is 11.4 Å². The summed E-state index contributed by atoms with van der Waals surface area (Å²) in [7, 11) is 4.03. The van der Waals surface area contributed by atoms with E-state index in [0.29, 0.717) is 0 Å². The van der Waals surface area contributed by atoms with Crippen molar-refractivity contribution < 1.29 is 4.79 Å². The van der Waals surface area contributed by atoms with E-state index < -0.39 is 0 Å². The number of hydrogen-bond donors (Lipinski definition) is 1. The van der Waals surface area contributed by atoms with E-state index in [1.165, 1.54) is 17.3 Å². The molecular formula is C22H27N5OS. The molecule has 0 saturated carbocycles. The first-order valence-corrected chi connectivity index (χ1v) is 10.6. The van der Waals surface area contributed by atoms with Gasteiger partial charge >= 0.3 is 0 Å². The minimum atomic E-state index is -0.0555. The number of amides is 1. The first-order valence-electron chi connectivity index (χ1n) is 9.60. The molecule has 0 bridgehead atoms. The summed E-state index contributed by atoms with van der Waals surface area (Å²) in [4.78, 5) is 14.4. The lowest BCUT2D eigenvalue weighted by atomic mass is 10.1. The molecule has 1 heterocycles. The maximum atomic E-state index is 12.4. The zero-order chi connectivity index (χ0) is 21.0. The zero-order valence-corrected chi connectivity index (χ0v) is 18.4. The van der Waals surface area contributed by atoms with E-state index in [9.17, 15) is 4.79 Å². The van der Waals surface area contributed by atoms with Crippen LogP contribution in [0.25, 0.3) is 11.4 Å². The number of carbonyl (C=O) groups excluding carboxylic acids is 1. The molecule has 1 N–H and O–H groups in total. The van der Waals surface area contributed by atoms with Crippen molar-refractivity contribution in [2.75, 3.05) is 30.1 Å². The summed E-state index contributed by atoms with van der Waals surface area (Å²) in [5.41, 5.74) is 5.30. The van der Waals surface area contributed by atoms with Gasteiger partial charge < -0.3 is 14.8 Å². The monoisotopic (exact) mass is 409 g/mol. The highest BCUT2D eigenvalue weighted by Crippen LogP contribution is 2.26. The molecule has 3 rings (SSSR count). The molecule has 0 radical (unpaired) electrons. The molecule has 1 amide bonds. The van der Waals surface area contributed by atoms with Crippen LogP contribution in [0.1, 0.15) is 18.1 Å². The minimum Gasteiger partial charge on any atom is -0.378 e. The zero-order valence-electron chi connectivity index (χ0n) is 17.6. The Kier molecular flexibility index (Phi) is 6.59. The van der Waals surface area contributed by atoms with Crippen molar-refractivity contribution in [1.82, 2.24) is 14.8 Å². The Morgan fingerprint density at radius 1 is 1.10 bits per heavy atom. The number of aryl methyl sites for hydroxylation is 2. The summed E-state index contributed by atoms with van der Waals surface area (Å²) in [5, 5.41) is 12.4. The summed E-state index contributed by atoms with van der Waals surface area (Å²) in [5.74, 6) is 1.04. The highest BCUT2D eigenvalue weighted by Gasteiger charge is 2.15. The molecule has 0 spiro atoms. The third kappa shape index (κ3) is 4.98. The van der Waals surface area contributed by atoms with Gasteiger partial charge in [0.05, 0.1) is 5.75 Å². The topological polar surface area (TPSA) is 63.1 Å². The molecule has 1 aromatic heterocycles. The first-order chi connectivity index (χ1) is 13.9. The quantitative estimate of drug-likeness (QED) is 0.587. The molecule has 6 nitrogen and oxygen atoms in total. The largest absolute Gasteiger partial charge is 0.378 e. The minimum absolute atomic E-state index is 0.0555. The van der Waals surface area contributed by atoms with Gasteiger partial charge in [0.2, 0.25) is 5.91 Å². The Morgan fingerprint density at radius 3 is 2.59 bits per heavy atom. The van der Waals surface area contributed by atoms with Gasteiger partial charge in [0.15, 0.2) is 11.0 Å². The lowest BCUT2D eigenvalue weighted by Crippen LogP contribution is -2.14. The Labute approximate surface area is 176 Å². The maximum Gasteiger partial charge on any atom is 0.234 e. The molecule has 0 fully saturated rings. The van der Waals surface area contributed by atoms with Crippen molar-refractivity contribution in [3.05, 3.63) is 53.6 Å². The van der Waals surface area contributed by atoms with E-state index in [-0.39, 0.29) is 11.7 Å². The molecule has 0 aliphatic carbocycles. The smallest absolute Gasteiger partial charge is 0.234 e. The van der Waals surface area contributed by atoms with Crippen molar-refractivity contribution in [3.63, 3.8) is 0 Å². The predicted octanol–water partition coefficient (Wildman–Crippen LogP) is 4.38. The molecule has 0 atom stereocenters. The second-order valence-electron chi connectivity index (χ2n) is 7.13. The summed E-state index contributed by atoms with van der Waals surface area (Å²) in [6, 6.07) is 14.1. The second kappa shape index (κ2) is 9.13. The number of carbonyl (C=O) groups is 1. The average Bonchev–Trinajstić information content (AvgIpc) is 3.12. The van der Waals surface area contributed by atoms with Crippen LogP contribution in [0.3, 0.4) is 0 Å². The number of thioether (sulfide) groups is 1. The molecule has 2 aromatic carbocycles. The first kappa shape index (κ1) is 20.9. The number of nitrogens with one attached hydrogen (secondary N) is 1. The highest BCUT2D eigenvalue weighted by atomic mass is 32.2. The highest BCUT2D eigenvalue weighted by molar-refractivity contribution is 7.99. The van der Waals surface area contributed by atoms with Crippen LogP contribution in [0.5, 0.6) is 0 Å². The van der Waals surface area contributed by atoms with Crippen LogP contribution in [0.4, 0.5) is 11.4 Å². The number of hydrogen-bond acceptors (Lipinski definition) is 5. The molecule has 29 heavy (non-hydrogen) atoms. The molecule has 0 aliphatic rings. The molecule has 7 heteroatoms. The van der Waals surface area contributed by atoms with Crippen LogP contribution in [0, 0.1) is 13.8 Å². The average molecular weight is 410 g/mol. The fourth-order valence-electron chi connectivity index (χ4n) is 2.96. The third-order valence-electron chi connectivity index (χ3n) is 4.78. The molecule has 3 aromatic rings. The van der Waals surface area contributed by atoms with Gasteiger partial charge in [-0.2, -0.15) is 0 Å². The van der Waals surface area contributed by atoms with Crippen molar-refractivity contribution in [2.45, 2.75) is 32.5 Å². The summed E-state index contributed by atoms with van der Waals surface area (Å²) < 4.78 is 2.04. The van der Waals surface area contributed by atoms with E-state index in [2.05, 4.69) is 46.4 Å². The normalized spacial score (nSPS) is 10.8. The molecular weight excluding hydrogens is 382 g/mol. The summed E-state index contributed by atoms with van der Waals surface area (Å²) >= 11 is 1.40. The van der Waals surface area contributed by atoms with Gasteiger partial charge in [-0.3, -0.25) is 4.79 Å². The molecule has 152 valence electrons. The van der Waals surface area contributed by atoms with Gasteiger partial charge in [-0.25, -0.2) is 0 Å². The van der Waals surface area contributed by atoms with Crippen LogP contribution in [-0.2, 0) is 11.3 Å². The maximum absolute atomic E-state index is 12.4. The van der Waals surface area contributed by atoms with E-state index in [1.807, 2.05) is 55.9 Å². The number of benzene rings is 2. The van der Waals surface area contributed by atoms with Crippen LogP contribution >= 0.6 is 11.8 Å². The van der Waals surface area contributed by atoms with Gasteiger partial charge in [-0.05, 0) is 56.2 Å². The number of aromatic nitrogens is 3. The number of nitrogens with zero attached hydrogens (tertiary/aromatic N) is 4. The van der Waals surface area contributed by atoms with Gasteiger partial charge in [0.1, 0.15) is 0 Å². The number of anilines is 2. The predicted molar refractivity (Wildman–Crippen MR) is 121 cm³/mol. The van der Waals surface area contributed by atoms with Crippen molar-refractivity contribution in [2.24, 2.45) is 0 Å². The Morgan fingerprint density at radius 2 is 1.90 bits per heavy atom. The summed E-state index contributed by atoms with van der Waals surface area (Å²) in [6.45, 7) is 6.88. The van der Waals surface area contributed by atoms with Crippen LogP contribution < -0.4 is 10.2 Å². The standard InChI is InChI=1S/C22H27N5OS/c1-6-27-21(17-8-7-9-19(13-17)26(4)5)24-25-22(27)29-14-20(28)23-18-11-10-15(2)16(3)12-18/h7-13H,6,14H2,1-5H3,(H,23,28). The Balaban J connectivity index is 1.71. The lowest BCUT2D eigenvalue weighted by Gasteiger charge is -2.14. The molecule has 0 aliphatic heterocycles. The number of rotatable bonds is 7. The summed E-state index contributed by atoms with van der Waals surface area (Å²) in [6.07, 6.45) is 0. The van der Waals surface area contributed by atoms with E-state index in [0.717, 1.165) is 40.0 Å². The second-order valence-corrected chi connectivity index (χ2v) is 8.07. The van der Waals surface area contributed by atoms with E-state index >= 15 is 0 Å². The van der Waals surface area contributed by atoms with Crippen molar-refractivity contribution >= 4 is 29.0 Å². The van der Waals surface area contributed by atoms with Gasteiger partial charge in [0, 0.05) is 37.6 Å².